The van der Waals surface area contributed by atoms with E-state index in [0.29, 0.717) is 60.8 Å². The van der Waals surface area contributed by atoms with Gasteiger partial charge in [0.15, 0.2) is 0 Å². The number of thiophene rings is 1. The predicted octanol–water partition coefficient (Wildman–Crippen LogP) is 11.4. The third kappa shape index (κ3) is 6.88. The molecule has 0 atom stereocenters. The third-order valence-electron chi connectivity index (χ3n) is 9.45. The molecule has 0 amide bonds. The van der Waals surface area contributed by atoms with E-state index in [0.717, 1.165) is 71.9 Å². The second-order valence-corrected chi connectivity index (χ2v) is 14.3. The van der Waals surface area contributed by atoms with Crippen molar-refractivity contribution in [3.63, 3.8) is 0 Å². The van der Waals surface area contributed by atoms with Crippen molar-refractivity contribution in [2.75, 3.05) is 7.11 Å². The zero-order chi connectivity index (χ0) is 36.6. The Morgan fingerprint density at radius 3 is 2.19 bits per heavy atom. The van der Waals surface area contributed by atoms with E-state index in [1.165, 1.54) is 0 Å². The van der Waals surface area contributed by atoms with Crippen LogP contribution in [0, 0.1) is 6.92 Å². The molecule has 0 radical (unpaired) electrons. The summed E-state index contributed by atoms with van der Waals surface area (Å²) < 4.78 is 31.3. The van der Waals surface area contributed by atoms with Gasteiger partial charge in [-0.1, -0.05) is 6.07 Å². The van der Waals surface area contributed by atoms with Gasteiger partial charge in [-0.05, 0) is 110 Å². The minimum atomic E-state index is 0.0805. The smallest absolute Gasteiger partial charge is 0.213 e. The predicted molar refractivity (Wildman–Crippen MR) is 206 cm³/mol. The Labute approximate surface area is 310 Å². The number of ether oxygens (including phenoxy) is 1. The number of fused-ring (bicyclic) bond motifs is 2. The maximum atomic E-state index is 12.1. The van der Waals surface area contributed by atoms with Crippen LogP contribution in [-0.4, -0.2) is 23.7 Å². The van der Waals surface area contributed by atoms with E-state index in [1.54, 1.807) is 38.5 Å². The van der Waals surface area contributed by atoms with Crippen molar-refractivity contribution < 1.29 is 32.0 Å². The lowest BCUT2D eigenvalue weighted by atomic mass is 9.96. The summed E-state index contributed by atoms with van der Waals surface area (Å²) in [5, 5.41) is 3.88. The molecule has 6 aromatic heterocycles. The van der Waals surface area contributed by atoms with Gasteiger partial charge in [-0.3, -0.25) is 0 Å². The van der Waals surface area contributed by atoms with Gasteiger partial charge in [-0.25, -0.2) is 4.98 Å². The minimum Gasteiger partial charge on any atom is -0.481 e. The van der Waals surface area contributed by atoms with Gasteiger partial charge in [0.25, 0.3) is 0 Å². The number of Topliss-reactive ketones (excluding diaryl/α,β-unsaturated/α-hetero) is 2. The summed E-state index contributed by atoms with van der Waals surface area (Å²) in [5.74, 6) is 4.95. The van der Waals surface area contributed by atoms with Gasteiger partial charge in [0.1, 0.15) is 57.3 Å². The van der Waals surface area contributed by atoms with Gasteiger partial charge >= 0.3 is 0 Å². The quantitative estimate of drug-likeness (QED) is 0.116. The average Bonchev–Trinajstić information content (AvgIpc) is 4.00. The van der Waals surface area contributed by atoms with Crippen LogP contribution in [0.3, 0.4) is 0 Å². The number of rotatable bonds is 13. The standard InChI is InChI=1S/C44H37NO7S/c1-25(46)7-12-38-42(33-22-29(10-15-35(33)51-38)40-6-5-19-53-40)37-16-11-32(50-37)21-31-20-30(28-17-18-45-41(24-28)48-4)23-34-43(36-14-9-27(3)49-36)39(52-44(31)34)13-8-26(2)47/h5-6,9-11,14-20,22-24H,7-8,12-13,21H2,1-4H3. The molecule has 8 aromatic rings. The lowest BCUT2D eigenvalue weighted by Crippen LogP contribution is -1.94. The summed E-state index contributed by atoms with van der Waals surface area (Å²) in [6, 6.07) is 26.2. The average molecular weight is 724 g/mol. The summed E-state index contributed by atoms with van der Waals surface area (Å²) in [5.41, 5.74) is 6.99. The molecule has 2 aromatic carbocycles. The second kappa shape index (κ2) is 14.2. The van der Waals surface area contributed by atoms with Crippen molar-refractivity contribution in [3.8, 4) is 50.1 Å². The lowest BCUT2D eigenvalue weighted by molar-refractivity contribution is -0.117. The number of furan rings is 4. The second-order valence-electron chi connectivity index (χ2n) is 13.3. The molecule has 0 N–H and O–H groups in total. The first-order chi connectivity index (χ1) is 25.7. The molecule has 0 fully saturated rings. The fourth-order valence-corrected chi connectivity index (χ4v) is 7.62. The number of pyridine rings is 1. The topological polar surface area (TPSA) is 109 Å². The first kappa shape index (κ1) is 34.2. The molecule has 8 nitrogen and oxygen atoms in total. The molecule has 0 spiro atoms. The molecule has 0 aliphatic heterocycles. The number of aryl methyl sites for hydroxylation is 3. The van der Waals surface area contributed by atoms with Gasteiger partial charge in [0.05, 0.1) is 18.2 Å². The Bertz CT molecular complexity index is 2610. The zero-order valence-corrected chi connectivity index (χ0v) is 30.7. The number of carbonyl (C=O) groups is 2. The molecule has 266 valence electrons. The van der Waals surface area contributed by atoms with Gasteiger partial charge < -0.3 is 32.0 Å². The number of nitrogens with zero attached hydrogens (tertiary/aromatic N) is 1. The van der Waals surface area contributed by atoms with E-state index in [1.807, 2.05) is 55.5 Å². The van der Waals surface area contributed by atoms with Crippen LogP contribution >= 0.6 is 11.3 Å². The Morgan fingerprint density at radius 2 is 1.47 bits per heavy atom. The lowest BCUT2D eigenvalue weighted by Gasteiger charge is -2.08. The molecular formula is C44H37NO7S. The van der Waals surface area contributed by atoms with E-state index in [-0.39, 0.29) is 11.6 Å². The van der Waals surface area contributed by atoms with Gasteiger partial charge in [0, 0.05) is 65.6 Å². The number of hydrogen-bond donors (Lipinski definition) is 0. The molecular weight excluding hydrogens is 687 g/mol. The minimum absolute atomic E-state index is 0.0805. The van der Waals surface area contributed by atoms with Crippen molar-refractivity contribution in [1.29, 1.82) is 0 Å². The van der Waals surface area contributed by atoms with Crippen LogP contribution in [0.2, 0.25) is 0 Å². The first-order valence-electron chi connectivity index (χ1n) is 17.6. The zero-order valence-electron chi connectivity index (χ0n) is 29.9. The Hall–Kier alpha value is -5.93. The molecule has 0 saturated heterocycles. The highest BCUT2D eigenvalue weighted by molar-refractivity contribution is 7.13. The largest absolute Gasteiger partial charge is 0.481 e. The molecule has 0 aliphatic carbocycles. The molecule has 9 heteroatoms. The number of benzene rings is 2. The molecule has 0 aliphatic rings. The maximum Gasteiger partial charge on any atom is 0.213 e. The first-order valence-corrected chi connectivity index (χ1v) is 18.4. The molecule has 6 heterocycles. The Balaban J connectivity index is 1.26. The van der Waals surface area contributed by atoms with Crippen LogP contribution in [-0.2, 0) is 28.9 Å². The fraction of sp³-hybridized carbons (Fsp3) is 0.205. The highest BCUT2D eigenvalue weighted by Gasteiger charge is 2.25. The van der Waals surface area contributed by atoms with Crippen molar-refractivity contribution in [1.82, 2.24) is 4.98 Å². The van der Waals surface area contributed by atoms with Crippen LogP contribution in [0.25, 0.3) is 66.2 Å². The molecule has 0 unspecified atom stereocenters. The normalized spacial score (nSPS) is 11.5. The molecule has 0 saturated carbocycles. The summed E-state index contributed by atoms with van der Waals surface area (Å²) in [4.78, 5) is 29.7. The monoisotopic (exact) mass is 723 g/mol. The van der Waals surface area contributed by atoms with Crippen molar-refractivity contribution >= 4 is 44.8 Å². The van der Waals surface area contributed by atoms with Crippen molar-refractivity contribution in [2.24, 2.45) is 0 Å². The number of hydrogen-bond acceptors (Lipinski definition) is 9. The number of methoxy groups -OCH3 is 1. The third-order valence-corrected chi connectivity index (χ3v) is 10.4. The van der Waals surface area contributed by atoms with E-state index >= 15 is 0 Å². The fourth-order valence-electron chi connectivity index (χ4n) is 6.90. The van der Waals surface area contributed by atoms with Crippen LogP contribution < -0.4 is 4.74 Å². The van der Waals surface area contributed by atoms with E-state index < -0.39 is 0 Å². The SMILES string of the molecule is COc1cc(-c2cc(Cc3ccc(-c4c(CCC(C)=O)oc5ccc(-c6cccs6)cc45)o3)c3oc(CCC(C)=O)c(-c4ccc(C)o4)c3c2)ccn1. The van der Waals surface area contributed by atoms with E-state index in [4.69, 9.17) is 22.4 Å². The molecule has 0 bridgehead atoms. The summed E-state index contributed by atoms with van der Waals surface area (Å²) in [6.07, 6.45) is 3.76. The highest BCUT2D eigenvalue weighted by Crippen LogP contribution is 2.43. The summed E-state index contributed by atoms with van der Waals surface area (Å²) >= 11 is 1.68. The van der Waals surface area contributed by atoms with Crippen molar-refractivity contribution in [3.05, 3.63) is 119 Å². The maximum absolute atomic E-state index is 12.1. The number of carbonyl (C=O) groups excluding carboxylic acids is 2. The van der Waals surface area contributed by atoms with E-state index in [9.17, 15) is 9.59 Å². The number of ketones is 2. The van der Waals surface area contributed by atoms with Crippen LogP contribution in [0.15, 0.2) is 108 Å². The summed E-state index contributed by atoms with van der Waals surface area (Å²) in [6.45, 7) is 5.09. The van der Waals surface area contributed by atoms with Crippen LogP contribution in [0.1, 0.15) is 55.3 Å². The Morgan fingerprint density at radius 1 is 0.736 bits per heavy atom. The van der Waals surface area contributed by atoms with E-state index in [2.05, 4.69) is 40.7 Å². The summed E-state index contributed by atoms with van der Waals surface area (Å²) in [7, 11) is 1.60. The van der Waals surface area contributed by atoms with Gasteiger partial charge in [-0.2, -0.15) is 0 Å². The highest BCUT2D eigenvalue weighted by atomic mass is 32.1. The molecule has 53 heavy (non-hydrogen) atoms. The van der Waals surface area contributed by atoms with Gasteiger partial charge in [0.2, 0.25) is 5.88 Å². The van der Waals surface area contributed by atoms with Crippen molar-refractivity contribution in [2.45, 2.75) is 52.9 Å². The van der Waals surface area contributed by atoms with Gasteiger partial charge in [-0.15, -0.1) is 11.3 Å². The molecule has 8 rings (SSSR count). The Kier molecular flexibility index (Phi) is 9.18. The number of aromatic nitrogens is 1. The van der Waals surface area contributed by atoms with Crippen LogP contribution in [0.4, 0.5) is 0 Å². The van der Waals surface area contributed by atoms with Crippen LogP contribution in [0.5, 0.6) is 5.88 Å².